The Kier molecular flexibility index (Phi) is 3.02. The maximum atomic E-state index is 9.79. The number of aliphatic hydroxyl groups excluding tert-OH is 3. The Morgan fingerprint density at radius 3 is 2.33 bits per heavy atom. The highest BCUT2D eigenvalue weighted by atomic mass is 16.4. The summed E-state index contributed by atoms with van der Waals surface area (Å²) in [6, 6.07) is 9.09. The number of hydrogen-bond donors (Lipinski definition) is 4. The summed E-state index contributed by atoms with van der Waals surface area (Å²) in [6.07, 6.45) is -2.97. The predicted molar refractivity (Wildman–Crippen MR) is 55.2 cm³/mol. The molecule has 0 radical (unpaired) electrons. The van der Waals surface area contributed by atoms with Crippen molar-refractivity contribution in [3.05, 3.63) is 35.9 Å². The van der Waals surface area contributed by atoms with Gasteiger partial charge in [-0.3, -0.25) is 0 Å². The van der Waals surface area contributed by atoms with E-state index >= 15 is 0 Å². The van der Waals surface area contributed by atoms with Gasteiger partial charge in [0.25, 0.3) is 0 Å². The molecule has 4 heteroatoms. The van der Waals surface area contributed by atoms with Crippen LogP contribution in [0.4, 0.5) is 0 Å². The van der Waals surface area contributed by atoms with Gasteiger partial charge < -0.3 is 20.6 Å². The van der Waals surface area contributed by atoms with E-state index in [0.717, 1.165) is 5.56 Å². The molecule has 1 aliphatic heterocycles. The standard InChI is InChI=1S/C11H15NO3/c13-8-6-12-9(11(15)10(8)14)7-4-2-1-3-5-7/h1-5,8-15H,6H2/t8-,9+,10+,11-/m1/s1. The normalized spacial score (nSPS) is 36.5. The number of hydrogen-bond acceptors (Lipinski definition) is 4. The molecule has 1 aromatic rings. The van der Waals surface area contributed by atoms with Gasteiger partial charge in [0.05, 0.1) is 12.1 Å². The minimum Gasteiger partial charge on any atom is -0.389 e. The van der Waals surface area contributed by atoms with E-state index in [2.05, 4.69) is 5.32 Å². The molecule has 0 unspecified atom stereocenters. The van der Waals surface area contributed by atoms with Gasteiger partial charge in [-0.15, -0.1) is 0 Å². The highest BCUT2D eigenvalue weighted by Gasteiger charge is 2.36. The third kappa shape index (κ3) is 2.03. The van der Waals surface area contributed by atoms with Gasteiger partial charge in [-0.1, -0.05) is 30.3 Å². The Hall–Kier alpha value is -0.940. The van der Waals surface area contributed by atoms with E-state index in [4.69, 9.17) is 0 Å². The zero-order chi connectivity index (χ0) is 10.8. The monoisotopic (exact) mass is 209 g/mol. The Balaban J connectivity index is 2.17. The minimum absolute atomic E-state index is 0.289. The lowest BCUT2D eigenvalue weighted by Crippen LogP contribution is -2.55. The van der Waals surface area contributed by atoms with Crippen LogP contribution in [0.1, 0.15) is 11.6 Å². The molecule has 1 fully saturated rings. The Bertz CT molecular complexity index is 317. The molecule has 1 saturated heterocycles. The van der Waals surface area contributed by atoms with Crippen molar-refractivity contribution in [3.8, 4) is 0 Å². The van der Waals surface area contributed by atoms with Crippen LogP contribution in [0.5, 0.6) is 0 Å². The van der Waals surface area contributed by atoms with Gasteiger partial charge in [-0.25, -0.2) is 0 Å². The number of piperidine rings is 1. The van der Waals surface area contributed by atoms with E-state index in [1.165, 1.54) is 0 Å². The number of β-amino-alcohol motifs (C(OH)–C–C–N with tert-alkyl or cyclic N) is 1. The van der Waals surface area contributed by atoms with Gasteiger partial charge >= 0.3 is 0 Å². The van der Waals surface area contributed by atoms with E-state index in [-0.39, 0.29) is 12.6 Å². The van der Waals surface area contributed by atoms with Gasteiger partial charge in [-0.2, -0.15) is 0 Å². The Morgan fingerprint density at radius 1 is 1.00 bits per heavy atom. The van der Waals surface area contributed by atoms with Crippen LogP contribution in [0.3, 0.4) is 0 Å². The fourth-order valence-corrected chi connectivity index (χ4v) is 1.89. The topological polar surface area (TPSA) is 72.7 Å². The second-order valence-corrected chi connectivity index (χ2v) is 3.85. The summed E-state index contributed by atoms with van der Waals surface area (Å²) in [6.45, 7) is 0.289. The molecule has 82 valence electrons. The average molecular weight is 209 g/mol. The van der Waals surface area contributed by atoms with Crippen molar-refractivity contribution in [2.24, 2.45) is 0 Å². The number of benzene rings is 1. The second kappa shape index (κ2) is 4.28. The molecule has 4 nitrogen and oxygen atoms in total. The summed E-state index contributed by atoms with van der Waals surface area (Å²) in [5.41, 5.74) is 0.913. The van der Waals surface area contributed by atoms with Crippen molar-refractivity contribution in [1.29, 1.82) is 0 Å². The summed E-state index contributed by atoms with van der Waals surface area (Å²) in [5.74, 6) is 0. The van der Waals surface area contributed by atoms with Gasteiger partial charge in [0.15, 0.2) is 0 Å². The van der Waals surface area contributed by atoms with Crippen molar-refractivity contribution >= 4 is 0 Å². The molecule has 1 aromatic carbocycles. The fourth-order valence-electron chi connectivity index (χ4n) is 1.89. The summed E-state index contributed by atoms with van der Waals surface area (Å²) < 4.78 is 0. The van der Waals surface area contributed by atoms with Gasteiger partial charge in [0.1, 0.15) is 12.2 Å². The Labute approximate surface area is 88.2 Å². The first-order chi connectivity index (χ1) is 7.20. The largest absolute Gasteiger partial charge is 0.389 e. The summed E-state index contributed by atoms with van der Waals surface area (Å²) in [7, 11) is 0. The van der Waals surface area contributed by atoms with Crippen LogP contribution in [0.2, 0.25) is 0 Å². The molecule has 1 heterocycles. The van der Waals surface area contributed by atoms with Crippen molar-refractivity contribution in [1.82, 2.24) is 5.32 Å². The van der Waals surface area contributed by atoms with Gasteiger partial charge in [0, 0.05) is 6.54 Å². The van der Waals surface area contributed by atoms with E-state index in [9.17, 15) is 15.3 Å². The molecule has 2 rings (SSSR count). The Morgan fingerprint density at radius 2 is 1.67 bits per heavy atom. The fraction of sp³-hybridized carbons (Fsp3) is 0.455. The quantitative estimate of drug-likeness (QED) is 0.499. The highest BCUT2D eigenvalue weighted by Crippen LogP contribution is 2.23. The van der Waals surface area contributed by atoms with E-state index in [1.54, 1.807) is 0 Å². The summed E-state index contributed by atoms with van der Waals surface area (Å²) in [4.78, 5) is 0. The van der Waals surface area contributed by atoms with Crippen molar-refractivity contribution in [2.75, 3.05) is 6.54 Å². The van der Waals surface area contributed by atoms with Crippen LogP contribution in [-0.4, -0.2) is 40.2 Å². The average Bonchev–Trinajstić information content (AvgIpc) is 2.27. The third-order valence-electron chi connectivity index (χ3n) is 2.79. The molecular formula is C11H15NO3. The lowest BCUT2D eigenvalue weighted by atomic mass is 9.91. The number of rotatable bonds is 1. The van der Waals surface area contributed by atoms with Crippen LogP contribution in [-0.2, 0) is 0 Å². The predicted octanol–water partition coefficient (Wildman–Crippen LogP) is -0.586. The molecule has 15 heavy (non-hydrogen) atoms. The first-order valence-corrected chi connectivity index (χ1v) is 5.02. The first kappa shape index (κ1) is 10.6. The smallest absolute Gasteiger partial charge is 0.109 e. The van der Waals surface area contributed by atoms with E-state index in [0.29, 0.717) is 0 Å². The minimum atomic E-state index is -1.09. The lowest BCUT2D eigenvalue weighted by Gasteiger charge is -2.36. The van der Waals surface area contributed by atoms with Gasteiger partial charge in [0.2, 0.25) is 0 Å². The molecular weight excluding hydrogens is 194 g/mol. The molecule has 4 N–H and O–H groups in total. The second-order valence-electron chi connectivity index (χ2n) is 3.85. The first-order valence-electron chi connectivity index (χ1n) is 5.02. The maximum absolute atomic E-state index is 9.79. The summed E-state index contributed by atoms with van der Waals surface area (Å²) in [5, 5.41) is 31.7. The number of aliphatic hydroxyl groups is 3. The molecule has 0 saturated carbocycles. The van der Waals surface area contributed by atoms with Crippen LogP contribution < -0.4 is 5.32 Å². The zero-order valence-corrected chi connectivity index (χ0v) is 8.24. The maximum Gasteiger partial charge on any atom is 0.109 e. The van der Waals surface area contributed by atoms with E-state index in [1.807, 2.05) is 30.3 Å². The van der Waals surface area contributed by atoms with Crippen LogP contribution >= 0.6 is 0 Å². The lowest BCUT2D eigenvalue weighted by molar-refractivity contribution is -0.0949. The van der Waals surface area contributed by atoms with Crippen molar-refractivity contribution in [2.45, 2.75) is 24.4 Å². The molecule has 1 aliphatic rings. The van der Waals surface area contributed by atoms with E-state index < -0.39 is 18.3 Å². The van der Waals surface area contributed by atoms with Crippen LogP contribution in [0.25, 0.3) is 0 Å². The molecule has 0 bridgehead atoms. The van der Waals surface area contributed by atoms with Crippen LogP contribution in [0.15, 0.2) is 30.3 Å². The zero-order valence-electron chi connectivity index (χ0n) is 8.24. The molecule has 0 spiro atoms. The van der Waals surface area contributed by atoms with Crippen molar-refractivity contribution < 1.29 is 15.3 Å². The summed E-state index contributed by atoms with van der Waals surface area (Å²) >= 11 is 0. The SMILES string of the molecule is O[C@@H]1[C@H](O)[C@H](c2ccccc2)NC[C@H]1O. The van der Waals surface area contributed by atoms with Crippen LogP contribution in [0, 0.1) is 0 Å². The third-order valence-corrected chi connectivity index (χ3v) is 2.79. The van der Waals surface area contributed by atoms with Crippen molar-refractivity contribution in [3.63, 3.8) is 0 Å². The van der Waals surface area contributed by atoms with Gasteiger partial charge in [-0.05, 0) is 5.56 Å². The highest BCUT2D eigenvalue weighted by molar-refractivity contribution is 5.21. The molecule has 0 amide bonds. The number of nitrogens with one attached hydrogen (secondary N) is 1. The molecule has 0 aromatic heterocycles. The molecule has 4 atom stereocenters. The molecule has 0 aliphatic carbocycles.